The number of hydrogen-bond donors (Lipinski definition) is 0. The molecule has 0 radical (unpaired) electrons. The van der Waals surface area contributed by atoms with Crippen molar-refractivity contribution in [1.82, 2.24) is 0 Å². The number of morpholine rings is 1. The van der Waals surface area contributed by atoms with Crippen molar-refractivity contribution in [3.05, 3.63) is 155 Å². The van der Waals surface area contributed by atoms with Crippen molar-refractivity contribution in [3.8, 4) is 28.0 Å². The first-order valence-electron chi connectivity index (χ1n) is 18.2. The summed E-state index contributed by atoms with van der Waals surface area (Å²) in [7, 11) is 4.16. The van der Waals surface area contributed by atoms with Crippen molar-refractivity contribution < 1.29 is 9.47 Å². The Morgan fingerprint density at radius 3 is 2.12 bits per heavy atom. The second-order valence-corrected chi connectivity index (χ2v) is 15.0. The van der Waals surface area contributed by atoms with E-state index in [-0.39, 0.29) is 5.41 Å². The van der Waals surface area contributed by atoms with Gasteiger partial charge in [-0.1, -0.05) is 105 Å². The maximum absolute atomic E-state index is 7.63. The Labute approximate surface area is 301 Å². The SMILES string of the molecule is Cc1cc2c3c(c4c(c2cc1-c1ccc(N2CCOCC2)cc1)OC(c1ccccc1)(c1ccc(N(C)C)cc1)C=C4)C(C)(C)c1ccccc1-3. The second-order valence-electron chi connectivity index (χ2n) is 15.0. The van der Waals surface area contributed by atoms with E-state index in [2.05, 4.69) is 172 Å². The summed E-state index contributed by atoms with van der Waals surface area (Å²) in [6.07, 6.45) is 4.65. The zero-order valence-corrected chi connectivity index (χ0v) is 30.2. The summed E-state index contributed by atoms with van der Waals surface area (Å²) in [5, 5.41) is 2.39. The van der Waals surface area contributed by atoms with E-state index in [0.717, 1.165) is 54.3 Å². The highest BCUT2D eigenvalue weighted by molar-refractivity contribution is 6.10. The lowest BCUT2D eigenvalue weighted by Crippen LogP contribution is -2.36. The molecule has 0 bridgehead atoms. The highest BCUT2D eigenvalue weighted by Crippen LogP contribution is 2.58. The molecule has 0 aromatic heterocycles. The summed E-state index contributed by atoms with van der Waals surface area (Å²) in [4.78, 5) is 4.55. The van der Waals surface area contributed by atoms with Crippen LogP contribution in [-0.4, -0.2) is 40.4 Å². The van der Waals surface area contributed by atoms with Gasteiger partial charge in [0.2, 0.25) is 0 Å². The van der Waals surface area contributed by atoms with Crippen molar-refractivity contribution in [3.63, 3.8) is 0 Å². The van der Waals surface area contributed by atoms with Gasteiger partial charge in [0.1, 0.15) is 5.75 Å². The molecular formula is C47H44N2O2. The predicted octanol–water partition coefficient (Wildman–Crippen LogP) is 10.4. The van der Waals surface area contributed by atoms with Gasteiger partial charge in [-0.2, -0.15) is 0 Å². The molecular weight excluding hydrogens is 625 g/mol. The fourth-order valence-electron chi connectivity index (χ4n) is 8.76. The first kappa shape index (κ1) is 31.6. The molecule has 1 fully saturated rings. The zero-order valence-electron chi connectivity index (χ0n) is 30.2. The van der Waals surface area contributed by atoms with Gasteiger partial charge in [0.25, 0.3) is 0 Å². The van der Waals surface area contributed by atoms with E-state index in [1.807, 2.05) is 0 Å². The van der Waals surface area contributed by atoms with Gasteiger partial charge in [-0.05, 0) is 87.7 Å². The number of anilines is 2. The van der Waals surface area contributed by atoms with E-state index >= 15 is 0 Å². The summed E-state index contributed by atoms with van der Waals surface area (Å²) in [5.74, 6) is 0.943. The van der Waals surface area contributed by atoms with Crippen LogP contribution in [0.2, 0.25) is 0 Å². The van der Waals surface area contributed by atoms with Gasteiger partial charge in [-0.25, -0.2) is 0 Å². The Bertz CT molecular complexity index is 2310. The molecule has 0 amide bonds. The van der Waals surface area contributed by atoms with Crippen LogP contribution in [0.5, 0.6) is 5.75 Å². The average Bonchev–Trinajstić information content (AvgIpc) is 3.42. The lowest BCUT2D eigenvalue weighted by molar-refractivity contribution is 0.122. The lowest BCUT2D eigenvalue weighted by atomic mass is 9.76. The number of fused-ring (bicyclic) bond motifs is 8. The van der Waals surface area contributed by atoms with Crippen LogP contribution >= 0.6 is 0 Å². The van der Waals surface area contributed by atoms with E-state index < -0.39 is 5.60 Å². The minimum absolute atomic E-state index is 0.195. The van der Waals surface area contributed by atoms with Gasteiger partial charge in [0, 0.05) is 66.1 Å². The van der Waals surface area contributed by atoms with Gasteiger partial charge in [0.05, 0.1) is 13.2 Å². The Kier molecular flexibility index (Phi) is 7.38. The van der Waals surface area contributed by atoms with Crippen LogP contribution in [0, 0.1) is 6.92 Å². The monoisotopic (exact) mass is 668 g/mol. The smallest absolute Gasteiger partial charge is 0.178 e. The third-order valence-electron chi connectivity index (χ3n) is 11.5. The first-order valence-corrected chi connectivity index (χ1v) is 18.2. The summed E-state index contributed by atoms with van der Waals surface area (Å²) >= 11 is 0. The van der Waals surface area contributed by atoms with Crippen LogP contribution in [0.3, 0.4) is 0 Å². The molecule has 51 heavy (non-hydrogen) atoms. The molecule has 0 saturated carbocycles. The molecule has 9 rings (SSSR count). The number of aryl methyl sites for hydroxylation is 1. The van der Waals surface area contributed by atoms with Crippen molar-refractivity contribution in [2.75, 3.05) is 50.2 Å². The summed E-state index contributed by atoms with van der Waals surface area (Å²) in [6, 6.07) is 42.3. The molecule has 3 aliphatic rings. The topological polar surface area (TPSA) is 24.9 Å². The quantitative estimate of drug-likeness (QED) is 0.183. The van der Waals surface area contributed by atoms with E-state index in [1.165, 1.54) is 55.6 Å². The first-order chi connectivity index (χ1) is 24.8. The molecule has 2 aliphatic heterocycles. The van der Waals surface area contributed by atoms with E-state index in [1.54, 1.807) is 0 Å². The second kappa shape index (κ2) is 11.9. The minimum Gasteiger partial charge on any atom is -0.472 e. The zero-order chi connectivity index (χ0) is 34.9. The Morgan fingerprint density at radius 1 is 0.706 bits per heavy atom. The molecule has 6 aromatic carbocycles. The van der Waals surface area contributed by atoms with E-state index in [9.17, 15) is 0 Å². The number of benzene rings is 6. The summed E-state index contributed by atoms with van der Waals surface area (Å²) < 4.78 is 13.2. The standard InChI is InChI=1S/C47H44N2O2/c1-31-29-40-41(30-39(31)32-15-19-36(20-16-32)49-25-27-50-28-26-49)45-38(44-43(40)37-13-9-10-14-42(37)46(44,2)3)23-24-47(51-45,33-11-7-6-8-12-33)34-17-21-35(22-18-34)48(4)5/h6-24,29-30H,25-28H2,1-5H3. The van der Waals surface area contributed by atoms with Crippen molar-refractivity contribution in [2.45, 2.75) is 31.8 Å². The third kappa shape index (κ3) is 4.92. The van der Waals surface area contributed by atoms with Crippen molar-refractivity contribution in [2.24, 2.45) is 0 Å². The molecule has 0 spiro atoms. The van der Waals surface area contributed by atoms with Crippen LogP contribution in [0.25, 0.3) is 39.1 Å². The molecule has 4 nitrogen and oxygen atoms in total. The van der Waals surface area contributed by atoms with Crippen LogP contribution < -0.4 is 14.5 Å². The summed E-state index contributed by atoms with van der Waals surface area (Å²) in [5.41, 5.74) is 13.8. The lowest BCUT2D eigenvalue weighted by Gasteiger charge is -2.38. The van der Waals surface area contributed by atoms with Crippen LogP contribution in [0.1, 0.15) is 47.2 Å². The molecule has 2 heterocycles. The predicted molar refractivity (Wildman–Crippen MR) is 212 cm³/mol. The maximum Gasteiger partial charge on any atom is 0.178 e. The highest BCUT2D eigenvalue weighted by atomic mass is 16.5. The fourth-order valence-corrected chi connectivity index (χ4v) is 8.76. The number of rotatable bonds is 5. The molecule has 1 atom stereocenters. The van der Waals surface area contributed by atoms with Gasteiger partial charge < -0.3 is 19.3 Å². The maximum atomic E-state index is 7.63. The van der Waals surface area contributed by atoms with Crippen LogP contribution in [0.15, 0.2) is 121 Å². The highest BCUT2D eigenvalue weighted by Gasteiger charge is 2.44. The molecule has 1 saturated heterocycles. The van der Waals surface area contributed by atoms with E-state index in [0.29, 0.717) is 0 Å². The molecule has 254 valence electrons. The summed E-state index contributed by atoms with van der Waals surface area (Å²) in [6.45, 7) is 10.4. The molecule has 6 aromatic rings. The average molecular weight is 669 g/mol. The third-order valence-corrected chi connectivity index (χ3v) is 11.5. The normalized spacial score (nSPS) is 18.6. The van der Waals surface area contributed by atoms with Gasteiger partial charge in [-0.15, -0.1) is 0 Å². The molecule has 4 heteroatoms. The Balaban J connectivity index is 1.29. The number of ether oxygens (including phenoxy) is 2. The largest absolute Gasteiger partial charge is 0.472 e. The van der Waals surface area contributed by atoms with Crippen LogP contribution in [-0.2, 0) is 15.8 Å². The fraction of sp³-hybridized carbons (Fsp3) is 0.234. The van der Waals surface area contributed by atoms with Crippen molar-refractivity contribution >= 4 is 28.2 Å². The molecule has 0 N–H and O–H groups in total. The van der Waals surface area contributed by atoms with Gasteiger partial charge in [-0.3, -0.25) is 0 Å². The molecule has 1 aliphatic carbocycles. The number of nitrogens with zero attached hydrogens (tertiary/aromatic N) is 2. The number of hydrogen-bond acceptors (Lipinski definition) is 4. The van der Waals surface area contributed by atoms with Crippen LogP contribution in [0.4, 0.5) is 11.4 Å². The van der Waals surface area contributed by atoms with Crippen molar-refractivity contribution in [1.29, 1.82) is 0 Å². The van der Waals surface area contributed by atoms with E-state index in [4.69, 9.17) is 9.47 Å². The Hall–Kier alpha value is -5.32. The Morgan fingerprint density at radius 2 is 1.39 bits per heavy atom. The minimum atomic E-state index is -0.805. The van der Waals surface area contributed by atoms with Gasteiger partial charge in [0.15, 0.2) is 5.60 Å². The molecule has 1 unspecified atom stereocenters. The van der Waals surface area contributed by atoms with Gasteiger partial charge >= 0.3 is 0 Å².